The van der Waals surface area contributed by atoms with Crippen molar-refractivity contribution >= 4 is 38.5 Å². The largest absolute Gasteiger partial charge is 0.389 e. The summed E-state index contributed by atoms with van der Waals surface area (Å²) in [5.41, 5.74) is 7.09. The summed E-state index contributed by atoms with van der Waals surface area (Å²) in [6.45, 7) is 0. The first kappa shape index (κ1) is 15.4. The molecule has 0 bridgehead atoms. The fraction of sp³-hybridized carbons (Fsp3) is 0.143. The second-order valence-corrected chi connectivity index (χ2v) is 6.96. The molecule has 0 saturated carbocycles. The van der Waals surface area contributed by atoms with Gasteiger partial charge in [0, 0.05) is 25.1 Å². The van der Waals surface area contributed by atoms with Gasteiger partial charge < -0.3 is 10.6 Å². The van der Waals surface area contributed by atoms with E-state index in [1.54, 1.807) is 30.3 Å². The van der Waals surface area contributed by atoms with Crippen LogP contribution >= 0.6 is 12.2 Å². The van der Waals surface area contributed by atoms with Crippen LogP contribution in [0.3, 0.4) is 0 Å². The van der Waals surface area contributed by atoms with Gasteiger partial charge in [0.15, 0.2) is 15.7 Å². The summed E-state index contributed by atoms with van der Waals surface area (Å²) in [4.78, 5) is 6.26. The zero-order chi connectivity index (χ0) is 15.6. The highest BCUT2D eigenvalue weighted by Crippen LogP contribution is 2.30. The number of pyridine rings is 1. The van der Waals surface area contributed by atoms with E-state index in [1.165, 1.54) is 6.07 Å². The second-order valence-electron chi connectivity index (χ2n) is 4.54. The van der Waals surface area contributed by atoms with E-state index in [0.29, 0.717) is 17.1 Å². The summed E-state index contributed by atoms with van der Waals surface area (Å²) in [7, 11) is -1.66. The number of para-hydroxylation sites is 1. The van der Waals surface area contributed by atoms with Gasteiger partial charge in [0.25, 0.3) is 0 Å². The van der Waals surface area contributed by atoms with E-state index in [0.717, 1.165) is 6.26 Å². The zero-order valence-electron chi connectivity index (χ0n) is 11.6. The Bertz CT molecular complexity index is 788. The summed E-state index contributed by atoms with van der Waals surface area (Å²) in [5.74, 6) is 0.337. The number of hydrogen-bond donors (Lipinski definition) is 1. The minimum absolute atomic E-state index is 0.158. The third kappa shape index (κ3) is 3.20. The van der Waals surface area contributed by atoms with E-state index >= 15 is 0 Å². The maximum atomic E-state index is 11.9. The van der Waals surface area contributed by atoms with E-state index in [2.05, 4.69) is 4.98 Å². The van der Waals surface area contributed by atoms with Crippen molar-refractivity contribution in [1.29, 1.82) is 0 Å². The van der Waals surface area contributed by atoms with Gasteiger partial charge in [-0.3, -0.25) is 0 Å². The maximum Gasteiger partial charge on any atom is 0.179 e. The molecule has 0 aliphatic carbocycles. The Morgan fingerprint density at radius 2 is 1.90 bits per heavy atom. The first-order valence-electron chi connectivity index (χ1n) is 6.10. The van der Waals surface area contributed by atoms with Crippen molar-refractivity contribution in [2.45, 2.75) is 4.90 Å². The van der Waals surface area contributed by atoms with E-state index in [-0.39, 0.29) is 9.88 Å². The van der Waals surface area contributed by atoms with Crippen molar-refractivity contribution in [1.82, 2.24) is 4.98 Å². The van der Waals surface area contributed by atoms with Crippen molar-refractivity contribution < 1.29 is 8.42 Å². The molecule has 0 amide bonds. The summed E-state index contributed by atoms with van der Waals surface area (Å²) < 4.78 is 23.8. The number of rotatable bonds is 4. The van der Waals surface area contributed by atoms with Crippen LogP contribution in [0.1, 0.15) is 5.56 Å². The standard InChI is InChI=1S/C14H15N3O2S2/c1-17(11-7-4-3-6-10(11)13(15)20)14-12(21(2,18)19)8-5-9-16-14/h3-9H,1-2H3,(H2,15,20). The maximum absolute atomic E-state index is 11.9. The zero-order valence-corrected chi connectivity index (χ0v) is 13.3. The van der Waals surface area contributed by atoms with Crippen LogP contribution in [0.2, 0.25) is 0 Å². The molecule has 2 N–H and O–H groups in total. The highest BCUT2D eigenvalue weighted by Gasteiger charge is 2.19. The lowest BCUT2D eigenvalue weighted by atomic mass is 10.1. The number of sulfone groups is 1. The normalized spacial score (nSPS) is 11.1. The Kier molecular flexibility index (Phi) is 4.24. The molecule has 2 aromatic rings. The first-order chi connectivity index (χ1) is 9.82. The number of hydrogen-bond acceptors (Lipinski definition) is 5. The SMILES string of the molecule is CN(c1ccccc1C(N)=S)c1ncccc1S(C)(=O)=O. The third-order valence-electron chi connectivity index (χ3n) is 3.00. The second kappa shape index (κ2) is 5.79. The van der Waals surface area contributed by atoms with Gasteiger partial charge in [0.05, 0.1) is 5.69 Å². The topological polar surface area (TPSA) is 76.3 Å². The fourth-order valence-corrected chi connectivity index (χ4v) is 3.03. The average molecular weight is 321 g/mol. The lowest BCUT2D eigenvalue weighted by molar-refractivity contribution is 0.601. The van der Waals surface area contributed by atoms with Gasteiger partial charge in [-0.05, 0) is 24.3 Å². The molecule has 1 heterocycles. The molecule has 0 unspecified atom stereocenters. The van der Waals surface area contributed by atoms with Crippen LogP contribution in [0.25, 0.3) is 0 Å². The highest BCUT2D eigenvalue weighted by molar-refractivity contribution is 7.90. The van der Waals surface area contributed by atoms with E-state index in [4.69, 9.17) is 18.0 Å². The van der Waals surface area contributed by atoms with E-state index < -0.39 is 9.84 Å². The van der Waals surface area contributed by atoms with E-state index in [1.807, 2.05) is 18.2 Å². The van der Waals surface area contributed by atoms with Crippen LogP contribution in [-0.2, 0) is 9.84 Å². The number of aromatic nitrogens is 1. The Morgan fingerprint density at radius 1 is 1.24 bits per heavy atom. The van der Waals surface area contributed by atoms with Crippen LogP contribution < -0.4 is 10.6 Å². The molecule has 7 heteroatoms. The third-order valence-corrected chi connectivity index (χ3v) is 4.34. The van der Waals surface area contributed by atoms with Gasteiger partial charge in [-0.25, -0.2) is 13.4 Å². The lowest BCUT2D eigenvalue weighted by Crippen LogP contribution is -2.20. The van der Waals surface area contributed by atoms with Crippen molar-refractivity contribution in [3.05, 3.63) is 48.2 Å². The highest BCUT2D eigenvalue weighted by atomic mass is 32.2. The lowest BCUT2D eigenvalue weighted by Gasteiger charge is -2.22. The molecular formula is C14H15N3O2S2. The van der Waals surface area contributed by atoms with Crippen LogP contribution in [0, 0.1) is 0 Å². The molecule has 110 valence electrons. The van der Waals surface area contributed by atoms with Gasteiger partial charge in [-0.2, -0.15) is 0 Å². The Labute approximate surface area is 129 Å². The van der Waals surface area contributed by atoms with Gasteiger partial charge in [0.1, 0.15) is 9.88 Å². The molecule has 0 aliphatic heterocycles. The number of benzene rings is 1. The number of nitrogens with two attached hydrogens (primary N) is 1. The van der Waals surface area contributed by atoms with Gasteiger partial charge >= 0.3 is 0 Å². The Morgan fingerprint density at radius 3 is 2.52 bits per heavy atom. The molecule has 0 spiro atoms. The molecule has 0 radical (unpaired) electrons. The predicted molar refractivity (Wildman–Crippen MR) is 87.7 cm³/mol. The summed E-state index contributed by atoms with van der Waals surface area (Å²) in [5, 5.41) is 0. The molecular weight excluding hydrogens is 306 g/mol. The molecule has 0 aliphatic rings. The van der Waals surface area contributed by atoms with Crippen molar-refractivity contribution in [3.63, 3.8) is 0 Å². The van der Waals surface area contributed by atoms with E-state index in [9.17, 15) is 8.42 Å². The molecule has 0 saturated heterocycles. The number of nitrogens with zero attached hydrogens (tertiary/aromatic N) is 2. The smallest absolute Gasteiger partial charge is 0.179 e. The monoisotopic (exact) mass is 321 g/mol. The summed E-state index contributed by atoms with van der Waals surface area (Å²) in [6, 6.07) is 10.4. The molecule has 21 heavy (non-hydrogen) atoms. The molecule has 0 atom stereocenters. The van der Waals surface area contributed by atoms with Gasteiger partial charge in [-0.15, -0.1) is 0 Å². The Hall–Kier alpha value is -1.99. The minimum atomic E-state index is -3.39. The Balaban J connectivity index is 2.62. The number of anilines is 2. The van der Waals surface area contributed by atoms with Crippen molar-refractivity contribution in [2.24, 2.45) is 5.73 Å². The van der Waals surface area contributed by atoms with Crippen molar-refractivity contribution in [2.75, 3.05) is 18.2 Å². The molecule has 1 aromatic carbocycles. The van der Waals surface area contributed by atoms with Gasteiger partial charge in [0.2, 0.25) is 0 Å². The predicted octanol–water partition coefficient (Wildman–Crippen LogP) is 1.89. The van der Waals surface area contributed by atoms with Crippen molar-refractivity contribution in [3.8, 4) is 0 Å². The average Bonchev–Trinajstić information content (AvgIpc) is 2.45. The summed E-state index contributed by atoms with van der Waals surface area (Å²) in [6.07, 6.45) is 2.70. The summed E-state index contributed by atoms with van der Waals surface area (Å²) >= 11 is 5.04. The fourth-order valence-electron chi connectivity index (χ4n) is 2.01. The van der Waals surface area contributed by atoms with Crippen LogP contribution in [0.5, 0.6) is 0 Å². The first-order valence-corrected chi connectivity index (χ1v) is 8.40. The van der Waals surface area contributed by atoms with Crippen LogP contribution in [-0.4, -0.2) is 31.7 Å². The molecule has 5 nitrogen and oxygen atoms in total. The number of thiocarbonyl (C=S) groups is 1. The molecule has 2 rings (SSSR count). The quantitative estimate of drug-likeness (QED) is 0.867. The molecule has 1 aromatic heterocycles. The van der Waals surface area contributed by atoms with Crippen LogP contribution in [0.15, 0.2) is 47.5 Å². The minimum Gasteiger partial charge on any atom is -0.389 e. The van der Waals surface area contributed by atoms with Gasteiger partial charge in [-0.1, -0.05) is 24.4 Å². The van der Waals surface area contributed by atoms with Crippen LogP contribution in [0.4, 0.5) is 11.5 Å². The molecule has 0 fully saturated rings.